The van der Waals surface area contributed by atoms with Crippen LogP contribution in [0.15, 0.2) is 52.9 Å². The molecule has 2 N–H and O–H groups in total. The second-order valence-electron chi connectivity index (χ2n) is 4.36. The van der Waals surface area contributed by atoms with Gasteiger partial charge in [0.2, 0.25) is 0 Å². The number of halogens is 1. The Kier molecular flexibility index (Phi) is 4.06. The van der Waals surface area contributed by atoms with Crippen molar-refractivity contribution in [2.75, 3.05) is 0 Å². The lowest BCUT2D eigenvalue weighted by Gasteiger charge is -1.96. The fourth-order valence-corrected chi connectivity index (χ4v) is 2.49. The standard InChI is InChI=1S/C15H11FN4OS/c16-11-5-2-1-4-10(11)9-17-20-15(21)13-8-12(18-19-13)14-6-3-7-22-14/h1-9H,(H,18,19)(H,20,21). The summed E-state index contributed by atoms with van der Waals surface area (Å²) in [5.41, 5.74) is 3.59. The topological polar surface area (TPSA) is 70.1 Å². The fraction of sp³-hybridized carbons (Fsp3) is 0. The molecule has 5 nitrogen and oxygen atoms in total. The number of hydrazone groups is 1. The summed E-state index contributed by atoms with van der Waals surface area (Å²) in [4.78, 5) is 12.9. The highest BCUT2D eigenvalue weighted by atomic mass is 32.1. The molecular formula is C15H11FN4OS. The fourth-order valence-electron chi connectivity index (χ4n) is 1.79. The predicted octanol–water partition coefficient (Wildman–Crippen LogP) is 3.04. The van der Waals surface area contributed by atoms with E-state index in [-0.39, 0.29) is 5.69 Å². The average Bonchev–Trinajstić information content (AvgIpc) is 3.20. The number of H-pyrrole nitrogens is 1. The van der Waals surface area contributed by atoms with E-state index in [2.05, 4.69) is 20.7 Å². The molecule has 110 valence electrons. The lowest BCUT2D eigenvalue weighted by Crippen LogP contribution is -2.18. The molecule has 7 heteroatoms. The second kappa shape index (κ2) is 6.31. The minimum absolute atomic E-state index is 0.217. The van der Waals surface area contributed by atoms with E-state index >= 15 is 0 Å². The summed E-state index contributed by atoms with van der Waals surface area (Å²) in [6, 6.07) is 11.6. The Balaban J connectivity index is 1.67. The van der Waals surface area contributed by atoms with Gasteiger partial charge in [-0.25, -0.2) is 9.82 Å². The van der Waals surface area contributed by atoms with E-state index in [0.29, 0.717) is 5.56 Å². The summed E-state index contributed by atoms with van der Waals surface area (Å²) in [5.74, 6) is -0.869. The van der Waals surface area contributed by atoms with Crippen molar-refractivity contribution in [3.05, 3.63) is 64.9 Å². The maximum absolute atomic E-state index is 13.4. The molecule has 0 aliphatic rings. The number of carbonyl (C=O) groups is 1. The van der Waals surface area contributed by atoms with Crippen LogP contribution in [-0.2, 0) is 0 Å². The van der Waals surface area contributed by atoms with Gasteiger partial charge in [-0.3, -0.25) is 9.89 Å². The van der Waals surface area contributed by atoms with Crippen molar-refractivity contribution in [1.82, 2.24) is 15.6 Å². The Morgan fingerprint density at radius 2 is 2.18 bits per heavy atom. The van der Waals surface area contributed by atoms with Crippen LogP contribution in [-0.4, -0.2) is 22.3 Å². The largest absolute Gasteiger partial charge is 0.291 e. The first-order valence-electron chi connectivity index (χ1n) is 6.41. The number of hydrogen-bond acceptors (Lipinski definition) is 4. The van der Waals surface area contributed by atoms with Crippen LogP contribution in [0.1, 0.15) is 16.1 Å². The van der Waals surface area contributed by atoms with Crippen molar-refractivity contribution in [2.24, 2.45) is 5.10 Å². The minimum atomic E-state index is -0.466. The van der Waals surface area contributed by atoms with Crippen LogP contribution in [0, 0.1) is 5.82 Å². The third kappa shape index (κ3) is 3.09. The number of rotatable bonds is 4. The molecule has 2 heterocycles. The van der Waals surface area contributed by atoms with Gasteiger partial charge in [-0.2, -0.15) is 10.2 Å². The number of hydrogen-bond donors (Lipinski definition) is 2. The van der Waals surface area contributed by atoms with Crippen LogP contribution < -0.4 is 5.43 Å². The van der Waals surface area contributed by atoms with E-state index < -0.39 is 11.7 Å². The van der Waals surface area contributed by atoms with Crippen molar-refractivity contribution in [2.45, 2.75) is 0 Å². The third-order valence-electron chi connectivity index (χ3n) is 2.87. The van der Waals surface area contributed by atoms with Gasteiger partial charge >= 0.3 is 0 Å². The zero-order valence-electron chi connectivity index (χ0n) is 11.3. The van der Waals surface area contributed by atoms with Gasteiger partial charge in [-0.1, -0.05) is 24.3 Å². The van der Waals surface area contributed by atoms with Gasteiger partial charge < -0.3 is 0 Å². The van der Waals surface area contributed by atoms with E-state index in [1.165, 1.54) is 12.3 Å². The average molecular weight is 314 g/mol. The Hall–Kier alpha value is -2.80. The summed E-state index contributed by atoms with van der Waals surface area (Å²) >= 11 is 1.54. The molecule has 0 aliphatic heterocycles. The molecular weight excluding hydrogens is 303 g/mol. The molecule has 22 heavy (non-hydrogen) atoms. The first-order valence-corrected chi connectivity index (χ1v) is 7.29. The van der Waals surface area contributed by atoms with Crippen molar-refractivity contribution < 1.29 is 9.18 Å². The summed E-state index contributed by atoms with van der Waals surface area (Å²) in [7, 11) is 0. The van der Waals surface area contributed by atoms with Crippen LogP contribution in [0.2, 0.25) is 0 Å². The third-order valence-corrected chi connectivity index (χ3v) is 3.78. The molecule has 0 spiro atoms. The van der Waals surface area contributed by atoms with Crippen LogP contribution in [0.3, 0.4) is 0 Å². The normalized spacial score (nSPS) is 11.0. The molecule has 1 amide bonds. The van der Waals surface area contributed by atoms with Crippen molar-refractivity contribution in [3.63, 3.8) is 0 Å². The number of amides is 1. The summed E-state index contributed by atoms with van der Waals surface area (Å²) < 4.78 is 13.4. The maximum Gasteiger partial charge on any atom is 0.291 e. The molecule has 0 saturated carbocycles. The number of nitrogens with zero attached hydrogens (tertiary/aromatic N) is 2. The summed E-state index contributed by atoms with van der Waals surface area (Å²) in [6.45, 7) is 0. The van der Waals surface area contributed by atoms with Crippen molar-refractivity contribution in [1.29, 1.82) is 0 Å². The van der Waals surface area contributed by atoms with E-state index in [4.69, 9.17) is 0 Å². The van der Waals surface area contributed by atoms with Crippen molar-refractivity contribution in [3.8, 4) is 10.6 Å². The molecule has 1 aromatic carbocycles. The van der Waals surface area contributed by atoms with E-state index in [1.807, 2.05) is 17.5 Å². The molecule has 0 aliphatic carbocycles. The summed E-state index contributed by atoms with van der Waals surface area (Å²) in [6.07, 6.45) is 1.25. The maximum atomic E-state index is 13.4. The Morgan fingerprint density at radius 1 is 1.32 bits per heavy atom. The number of carbonyl (C=O) groups excluding carboxylic acids is 1. The molecule has 3 aromatic rings. The van der Waals surface area contributed by atoms with Gasteiger partial charge in [-0.15, -0.1) is 11.3 Å². The highest BCUT2D eigenvalue weighted by molar-refractivity contribution is 7.13. The van der Waals surface area contributed by atoms with Gasteiger partial charge in [0.1, 0.15) is 5.82 Å². The number of aromatic amines is 1. The van der Waals surface area contributed by atoms with Crippen LogP contribution in [0.4, 0.5) is 4.39 Å². The van der Waals surface area contributed by atoms with Crippen molar-refractivity contribution >= 4 is 23.5 Å². The zero-order chi connectivity index (χ0) is 15.4. The lowest BCUT2D eigenvalue weighted by atomic mass is 10.2. The molecule has 0 saturated heterocycles. The Bertz CT molecular complexity index is 811. The van der Waals surface area contributed by atoms with E-state index in [1.54, 1.807) is 35.6 Å². The molecule has 0 bridgehead atoms. The van der Waals surface area contributed by atoms with Crippen LogP contribution in [0.5, 0.6) is 0 Å². The molecule has 0 radical (unpaired) electrons. The molecule has 0 unspecified atom stereocenters. The number of thiophene rings is 1. The predicted molar refractivity (Wildman–Crippen MR) is 83.4 cm³/mol. The van der Waals surface area contributed by atoms with Gasteiger partial charge in [0.15, 0.2) is 5.69 Å². The van der Waals surface area contributed by atoms with Crippen LogP contribution in [0.25, 0.3) is 10.6 Å². The number of nitrogens with one attached hydrogen (secondary N) is 2. The summed E-state index contributed by atoms with van der Waals surface area (Å²) in [5, 5.41) is 12.4. The van der Waals surface area contributed by atoms with Crippen LogP contribution >= 0.6 is 11.3 Å². The monoisotopic (exact) mass is 314 g/mol. The first-order chi connectivity index (χ1) is 10.7. The van der Waals surface area contributed by atoms with Gasteiger partial charge in [-0.05, 0) is 23.6 Å². The Morgan fingerprint density at radius 3 is 2.95 bits per heavy atom. The highest BCUT2D eigenvalue weighted by Crippen LogP contribution is 2.22. The van der Waals surface area contributed by atoms with Gasteiger partial charge in [0, 0.05) is 5.56 Å². The highest BCUT2D eigenvalue weighted by Gasteiger charge is 2.11. The van der Waals surface area contributed by atoms with Gasteiger partial charge in [0.25, 0.3) is 5.91 Å². The second-order valence-corrected chi connectivity index (χ2v) is 5.31. The lowest BCUT2D eigenvalue weighted by molar-refractivity contribution is 0.0950. The number of aromatic nitrogens is 2. The van der Waals surface area contributed by atoms with Gasteiger partial charge in [0.05, 0.1) is 16.8 Å². The van der Waals surface area contributed by atoms with E-state index in [0.717, 1.165) is 10.6 Å². The minimum Gasteiger partial charge on any atom is -0.276 e. The van der Waals surface area contributed by atoms with E-state index in [9.17, 15) is 9.18 Å². The number of benzene rings is 1. The molecule has 3 rings (SSSR count). The zero-order valence-corrected chi connectivity index (χ0v) is 12.1. The quantitative estimate of drug-likeness (QED) is 0.574. The smallest absolute Gasteiger partial charge is 0.276 e. The molecule has 0 fully saturated rings. The first kappa shape index (κ1) is 14.2. The molecule has 2 aromatic heterocycles. The SMILES string of the molecule is O=C(NN=Cc1ccccc1F)c1cc(-c2cccs2)[nH]n1. The Labute approximate surface area is 129 Å². The molecule has 0 atom stereocenters.